The number of fused-ring (bicyclic) bond motifs is 1. The molecule has 1 aliphatic rings. The third kappa shape index (κ3) is 6.18. The smallest absolute Gasteiger partial charge is 0.338 e. The van der Waals surface area contributed by atoms with Crippen LogP contribution in [0.1, 0.15) is 42.1 Å². The van der Waals surface area contributed by atoms with Crippen LogP contribution in [0.15, 0.2) is 81.7 Å². The predicted molar refractivity (Wildman–Crippen MR) is 168 cm³/mol. The van der Waals surface area contributed by atoms with E-state index in [1.54, 1.807) is 69.5 Å². The van der Waals surface area contributed by atoms with Crippen molar-refractivity contribution >= 4 is 23.4 Å². The highest BCUT2D eigenvalue weighted by Crippen LogP contribution is 2.37. The molecule has 2 heterocycles. The first kappa shape index (κ1) is 31.1. The summed E-state index contributed by atoms with van der Waals surface area (Å²) in [6, 6.07) is 19.1. The molecule has 0 radical (unpaired) electrons. The van der Waals surface area contributed by atoms with Crippen molar-refractivity contribution in [2.75, 3.05) is 27.9 Å². The van der Waals surface area contributed by atoms with Crippen LogP contribution in [0.5, 0.6) is 23.0 Å². The number of thiazole rings is 1. The van der Waals surface area contributed by atoms with Crippen LogP contribution in [0.3, 0.4) is 0 Å². The highest BCUT2D eigenvalue weighted by molar-refractivity contribution is 7.07. The average molecular weight is 626 g/mol. The monoisotopic (exact) mass is 625 g/mol. The van der Waals surface area contributed by atoms with E-state index < -0.39 is 12.0 Å². The Labute approximate surface area is 263 Å². The van der Waals surface area contributed by atoms with Crippen LogP contribution in [-0.4, -0.2) is 38.5 Å². The number of esters is 1. The average Bonchev–Trinajstić information content (AvgIpc) is 3.36. The summed E-state index contributed by atoms with van der Waals surface area (Å²) in [7, 11) is 4.60. The van der Waals surface area contributed by atoms with E-state index >= 15 is 0 Å². The molecule has 0 unspecified atom stereocenters. The molecule has 45 heavy (non-hydrogen) atoms. The molecule has 1 aliphatic heterocycles. The van der Waals surface area contributed by atoms with E-state index in [1.165, 1.54) is 30.1 Å². The lowest BCUT2D eigenvalue weighted by molar-refractivity contribution is -0.139. The normalized spacial score (nSPS) is 14.2. The summed E-state index contributed by atoms with van der Waals surface area (Å²) in [6.45, 7) is 3.81. The van der Waals surface area contributed by atoms with Gasteiger partial charge in [0.05, 0.1) is 55.4 Å². The third-order valence-corrected chi connectivity index (χ3v) is 8.24. The summed E-state index contributed by atoms with van der Waals surface area (Å²) in [5.74, 6) is 1.41. The zero-order chi connectivity index (χ0) is 32.1. The summed E-state index contributed by atoms with van der Waals surface area (Å²) in [4.78, 5) is 32.4. The fourth-order valence-electron chi connectivity index (χ4n) is 5.09. The van der Waals surface area contributed by atoms with E-state index in [0.717, 1.165) is 5.56 Å². The van der Waals surface area contributed by atoms with Crippen molar-refractivity contribution in [1.82, 2.24) is 4.57 Å². The Hall–Kier alpha value is -5.34. The maximum absolute atomic E-state index is 14.1. The van der Waals surface area contributed by atoms with Crippen molar-refractivity contribution in [3.63, 3.8) is 0 Å². The molecular formula is C34H31N3O7S. The molecule has 3 aromatic carbocycles. The fraction of sp³-hybridized carbons (Fsp3) is 0.235. The Kier molecular flexibility index (Phi) is 9.35. The van der Waals surface area contributed by atoms with E-state index in [2.05, 4.69) is 11.1 Å². The molecule has 0 bridgehead atoms. The molecule has 11 heteroatoms. The van der Waals surface area contributed by atoms with Gasteiger partial charge < -0.3 is 23.7 Å². The number of carbonyl (C=O) groups excluding carboxylic acids is 1. The lowest BCUT2D eigenvalue weighted by Gasteiger charge is -2.26. The van der Waals surface area contributed by atoms with E-state index in [-0.39, 0.29) is 24.3 Å². The Morgan fingerprint density at radius 2 is 1.80 bits per heavy atom. The van der Waals surface area contributed by atoms with Gasteiger partial charge in [0, 0.05) is 17.2 Å². The fourth-order valence-corrected chi connectivity index (χ4v) is 6.13. The molecule has 1 atom stereocenters. The number of ether oxygens (including phenoxy) is 5. The van der Waals surface area contributed by atoms with Crippen LogP contribution in [0.4, 0.5) is 0 Å². The minimum absolute atomic E-state index is 0.166. The standard InChI is InChI=1S/C34H31N3O7S/c1-6-43-33(39)30-20(2)36-34-37(31(30)25-13-12-24(40-3)17-27(25)41-4)32(38)29(45-34)16-21-11-14-26(28(15-21)42-5)44-19-23-10-8-7-9-22(23)18-35/h7-17,31H,6,19H2,1-5H3/b29-16+/t31-/m1/s1. The molecule has 10 nitrogen and oxygen atoms in total. The number of aromatic nitrogens is 1. The molecule has 0 fully saturated rings. The van der Waals surface area contributed by atoms with Crippen molar-refractivity contribution in [3.8, 4) is 29.1 Å². The molecule has 0 spiro atoms. The first-order valence-corrected chi connectivity index (χ1v) is 14.9. The van der Waals surface area contributed by atoms with Crippen LogP contribution >= 0.6 is 11.3 Å². The van der Waals surface area contributed by atoms with Gasteiger partial charge >= 0.3 is 5.97 Å². The van der Waals surface area contributed by atoms with Gasteiger partial charge in [0.15, 0.2) is 16.3 Å². The maximum Gasteiger partial charge on any atom is 0.338 e. The van der Waals surface area contributed by atoms with Crippen LogP contribution < -0.4 is 33.8 Å². The van der Waals surface area contributed by atoms with Crippen molar-refractivity contribution < 1.29 is 28.5 Å². The SMILES string of the molecule is CCOC(=O)C1=C(C)N=c2s/c(=C/c3ccc(OCc4ccccc4C#N)c(OC)c3)c(=O)n2[C@@H]1c1ccc(OC)cc1OC. The van der Waals surface area contributed by atoms with Crippen LogP contribution in [0.2, 0.25) is 0 Å². The van der Waals surface area contributed by atoms with Gasteiger partial charge in [0.2, 0.25) is 0 Å². The van der Waals surface area contributed by atoms with Gasteiger partial charge in [-0.3, -0.25) is 9.36 Å². The molecule has 0 N–H and O–H groups in total. The van der Waals surface area contributed by atoms with E-state index in [1.807, 2.05) is 18.2 Å². The van der Waals surface area contributed by atoms with Gasteiger partial charge in [-0.1, -0.05) is 35.6 Å². The number of carbonyl (C=O) groups is 1. The highest BCUT2D eigenvalue weighted by Gasteiger charge is 2.35. The minimum Gasteiger partial charge on any atom is -0.497 e. The molecule has 0 saturated carbocycles. The number of nitriles is 1. The number of rotatable bonds is 10. The molecule has 0 amide bonds. The number of allylic oxidation sites excluding steroid dienone is 1. The second-order valence-electron chi connectivity index (χ2n) is 9.88. The Balaban J connectivity index is 1.58. The van der Waals surface area contributed by atoms with Crippen LogP contribution in [-0.2, 0) is 16.1 Å². The second-order valence-corrected chi connectivity index (χ2v) is 10.9. The quantitative estimate of drug-likeness (QED) is 0.240. The summed E-state index contributed by atoms with van der Waals surface area (Å²) >= 11 is 1.21. The summed E-state index contributed by atoms with van der Waals surface area (Å²) in [5.41, 5.74) is 2.95. The topological polar surface area (TPSA) is 121 Å². The molecular weight excluding hydrogens is 594 g/mol. The van der Waals surface area contributed by atoms with Crippen molar-refractivity contribution in [2.45, 2.75) is 26.5 Å². The van der Waals surface area contributed by atoms with Gasteiger partial charge in [-0.2, -0.15) is 5.26 Å². The minimum atomic E-state index is -0.843. The summed E-state index contributed by atoms with van der Waals surface area (Å²) in [5, 5.41) is 9.38. The Morgan fingerprint density at radius 1 is 1.02 bits per heavy atom. The molecule has 1 aromatic heterocycles. The number of methoxy groups -OCH3 is 3. The summed E-state index contributed by atoms with van der Waals surface area (Å²) < 4.78 is 29.9. The first-order chi connectivity index (χ1) is 21.8. The van der Waals surface area contributed by atoms with Gasteiger partial charge in [0.1, 0.15) is 24.1 Å². The summed E-state index contributed by atoms with van der Waals surface area (Å²) in [6.07, 6.45) is 1.74. The zero-order valence-corrected chi connectivity index (χ0v) is 26.3. The van der Waals surface area contributed by atoms with Crippen LogP contribution in [0.25, 0.3) is 6.08 Å². The number of hydrogen-bond donors (Lipinski definition) is 0. The number of nitrogens with zero attached hydrogens (tertiary/aromatic N) is 3. The largest absolute Gasteiger partial charge is 0.497 e. The molecule has 5 rings (SSSR count). The van der Waals surface area contributed by atoms with Gasteiger partial charge in [0.25, 0.3) is 5.56 Å². The van der Waals surface area contributed by atoms with E-state index in [4.69, 9.17) is 23.7 Å². The van der Waals surface area contributed by atoms with Gasteiger partial charge in [-0.05, 0) is 55.8 Å². The van der Waals surface area contributed by atoms with Crippen molar-refractivity contribution in [3.05, 3.63) is 114 Å². The molecule has 0 saturated heterocycles. The number of hydrogen-bond acceptors (Lipinski definition) is 10. The lowest BCUT2D eigenvalue weighted by atomic mass is 9.95. The predicted octanol–water partition coefficient (Wildman–Crippen LogP) is 4.27. The van der Waals surface area contributed by atoms with Crippen LogP contribution in [0, 0.1) is 11.3 Å². The second kappa shape index (κ2) is 13.5. The van der Waals surface area contributed by atoms with E-state index in [9.17, 15) is 14.9 Å². The Bertz CT molecular complexity index is 2020. The molecule has 230 valence electrons. The van der Waals surface area contributed by atoms with Crippen molar-refractivity contribution in [1.29, 1.82) is 5.26 Å². The number of benzene rings is 3. The molecule has 0 aliphatic carbocycles. The van der Waals surface area contributed by atoms with E-state index in [0.29, 0.717) is 54.7 Å². The highest BCUT2D eigenvalue weighted by atomic mass is 32.1. The Morgan fingerprint density at radius 3 is 2.51 bits per heavy atom. The first-order valence-electron chi connectivity index (χ1n) is 14.0. The third-order valence-electron chi connectivity index (χ3n) is 7.26. The maximum atomic E-state index is 14.1. The van der Waals surface area contributed by atoms with Crippen molar-refractivity contribution in [2.24, 2.45) is 4.99 Å². The lowest BCUT2D eigenvalue weighted by Crippen LogP contribution is -2.40. The molecule has 4 aromatic rings. The zero-order valence-electron chi connectivity index (χ0n) is 25.5. The van der Waals surface area contributed by atoms with Gasteiger partial charge in [-0.15, -0.1) is 0 Å². The van der Waals surface area contributed by atoms with Gasteiger partial charge in [-0.25, -0.2) is 9.79 Å².